The standard InChI is InChI=1S/C25H49O6PS/c1-5-8-10-12-13-14-15-16-18-21-33-23(19-17-11-9-6-2)22(4)30-31-25(32-28,24(26)27)29-20-7-3/h22-23H,5-21H2,1-4H3,(H,26,27)/p+1. The van der Waals surface area contributed by atoms with Gasteiger partial charge in [0.15, 0.2) is 0 Å². The van der Waals surface area contributed by atoms with Gasteiger partial charge in [-0.05, 0) is 31.9 Å². The molecule has 0 fully saturated rings. The third-order valence-electron chi connectivity index (χ3n) is 5.69. The summed E-state index contributed by atoms with van der Waals surface area (Å²) in [4.78, 5) is 22.3. The van der Waals surface area contributed by atoms with E-state index >= 15 is 0 Å². The molecule has 0 aromatic carbocycles. The summed E-state index contributed by atoms with van der Waals surface area (Å²) in [5, 5.41) is 9.68. The molecule has 0 radical (unpaired) electrons. The fraction of sp³-hybridized carbons (Fsp3) is 0.960. The van der Waals surface area contributed by atoms with Crippen molar-refractivity contribution in [2.45, 2.75) is 141 Å². The molecule has 0 aliphatic carbocycles. The van der Waals surface area contributed by atoms with Crippen molar-refractivity contribution in [2.24, 2.45) is 0 Å². The third kappa shape index (κ3) is 16.2. The molecular weight excluding hydrogens is 459 g/mol. The number of ether oxygens (including phenoxy) is 1. The zero-order valence-corrected chi connectivity index (χ0v) is 23.4. The molecule has 6 nitrogen and oxygen atoms in total. The van der Waals surface area contributed by atoms with Gasteiger partial charge in [0.2, 0.25) is 0 Å². The highest BCUT2D eigenvalue weighted by Gasteiger charge is 2.54. The molecule has 4 atom stereocenters. The minimum Gasteiger partial charge on any atom is -0.474 e. The number of hydrogen-bond acceptors (Lipinski definition) is 6. The second-order valence-corrected chi connectivity index (χ2v) is 11.1. The van der Waals surface area contributed by atoms with Crippen molar-refractivity contribution in [1.29, 1.82) is 0 Å². The SMILES string of the molecule is CCCCCCCCCCCSC(CCCCCC)C(C)OOC(OCCC)([PH+]=O)C(=O)O. The Balaban J connectivity index is 4.53. The van der Waals surface area contributed by atoms with Gasteiger partial charge in [0.05, 0.1) is 6.61 Å². The number of rotatable bonds is 25. The van der Waals surface area contributed by atoms with Crippen molar-refractivity contribution in [1.82, 2.24) is 0 Å². The van der Waals surface area contributed by atoms with Crippen LogP contribution in [0, 0.1) is 0 Å². The van der Waals surface area contributed by atoms with Gasteiger partial charge in [0.1, 0.15) is 6.10 Å². The van der Waals surface area contributed by atoms with Crippen molar-refractivity contribution >= 4 is 26.2 Å². The van der Waals surface area contributed by atoms with Gasteiger partial charge in [-0.1, -0.05) is 102 Å². The average Bonchev–Trinajstić information content (AvgIpc) is 2.81. The zero-order chi connectivity index (χ0) is 24.8. The lowest BCUT2D eigenvalue weighted by molar-refractivity contribution is -0.402. The van der Waals surface area contributed by atoms with Gasteiger partial charge in [0.25, 0.3) is 0 Å². The van der Waals surface area contributed by atoms with Crippen LogP contribution in [0.1, 0.15) is 124 Å². The Morgan fingerprint density at radius 2 is 1.42 bits per heavy atom. The van der Waals surface area contributed by atoms with Gasteiger partial charge in [-0.3, -0.25) is 4.74 Å². The molecule has 0 spiro atoms. The summed E-state index contributed by atoms with van der Waals surface area (Å²) in [5.41, 5.74) is -2.25. The quantitative estimate of drug-likeness (QED) is 0.0437. The van der Waals surface area contributed by atoms with E-state index in [1.54, 1.807) is 0 Å². The molecule has 0 rings (SSSR count). The Bertz CT molecular complexity index is 482. The largest absolute Gasteiger partial charge is 0.497 e. The van der Waals surface area contributed by atoms with Gasteiger partial charge < -0.3 is 5.11 Å². The van der Waals surface area contributed by atoms with Crippen LogP contribution < -0.4 is 0 Å². The van der Waals surface area contributed by atoms with E-state index in [-0.39, 0.29) is 18.0 Å². The van der Waals surface area contributed by atoms with E-state index in [9.17, 15) is 14.5 Å². The van der Waals surface area contributed by atoms with E-state index in [4.69, 9.17) is 14.5 Å². The highest BCUT2D eigenvalue weighted by Crippen LogP contribution is 2.31. The Hall–Kier alpha value is -0.200. The van der Waals surface area contributed by atoms with Crippen molar-refractivity contribution in [3.05, 3.63) is 0 Å². The minimum atomic E-state index is -2.25. The van der Waals surface area contributed by atoms with Crippen LogP contribution in [0.3, 0.4) is 0 Å². The number of hydrogen-bond donors (Lipinski definition) is 1. The van der Waals surface area contributed by atoms with Crippen LogP contribution in [0.25, 0.3) is 0 Å². The van der Waals surface area contributed by atoms with Gasteiger partial charge >= 0.3 is 20.0 Å². The first kappa shape index (κ1) is 32.8. The van der Waals surface area contributed by atoms with Gasteiger partial charge in [-0.2, -0.15) is 11.8 Å². The molecule has 0 aliphatic heterocycles. The van der Waals surface area contributed by atoms with Crippen molar-refractivity contribution < 1.29 is 29.0 Å². The molecule has 0 heterocycles. The summed E-state index contributed by atoms with van der Waals surface area (Å²) in [7, 11) is -1.32. The van der Waals surface area contributed by atoms with Crippen LogP contribution in [-0.4, -0.2) is 40.3 Å². The second-order valence-electron chi connectivity index (χ2n) is 8.84. The Morgan fingerprint density at radius 1 is 0.879 bits per heavy atom. The maximum Gasteiger partial charge on any atom is 0.497 e. The lowest BCUT2D eigenvalue weighted by Gasteiger charge is -2.25. The van der Waals surface area contributed by atoms with Crippen molar-refractivity contribution in [3.63, 3.8) is 0 Å². The average molecular weight is 510 g/mol. The predicted molar refractivity (Wildman–Crippen MR) is 139 cm³/mol. The maximum absolute atomic E-state index is 11.6. The first-order valence-corrected chi connectivity index (χ1v) is 15.2. The Kier molecular flexibility index (Phi) is 22.1. The number of carboxylic acids is 1. The maximum atomic E-state index is 11.6. The first-order valence-electron chi connectivity index (χ1n) is 13.2. The highest BCUT2D eigenvalue weighted by atomic mass is 32.2. The molecular formula is C25H50O6PS+. The first-order chi connectivity index (χ1) is 16.0. The normalized spacial score (nSPS) is 15.4. The number of carboxylic acid groups (broad SMARTS) is 1. The van der Waals surface area contributed by atoms with E-state index < -0.39 is 20.0 Å². The molecule has 0 aromatic heterocycles. The highest BCUT2D eigenvalue weighted by molar-refractivity contribution is 7.99. The second kappa shape index (κ2) is 22.3. The van der Waals surface area contributed by atoms with Crippen molar-refractivity contribution in [3.8, 4) is 0 Å². The van der Waals surface area contributed by atoms with Crippen LogP contribution in [-0.2, 0) is 23.9 Å². The summed E-state index contributed by atoms with van der Waals surface area (Å²) in [6, 6.07) is 0. The molecule has 1 N–H and O–H groups in total. The lowest BCUT2D eigenvalue weighted by atomic mass is 10.1. The van der Waals surface area contributed by atoms with E-state index in [1.165, 1.54) is 77.0 Å². The van der Waals surface area contributed by atoms with E-state index in [1.807, 2.05) is 25.6 Å². The molecule has 0 amide bonds. The zero-order valence-electron chi connectivity index (χ0n) is 21.6. The number of unbranched alkanes of at least 4 members (excludes halogenated alkanes) is 11. The Labute approximate surface area is 208 Å². The summed E-state index contributed by atoms with van der Waals surface area (Å²) < 4.78 is 16.9. The van der Waals surface area contributed by atoms with Crippen LogP contribution >= 0.6 is 20.2 Å². The van der Waals surface area contributed by atoms with Gasteiger partial charge in [0, 0.05) is 5.25 Å². The minimum absolute atomic E-state index is 0.132. The molecule has 0 saturated heterocycles. The molecule has 0 aromatic rings. The van der Waals surface area contributed by atoms with Crippen LogP contribution in [0.4, 0.5) is 0 Å². The molecule has 0 saturated carbocycles. The van der Waals surface area contributed by atoms with Gasteiger partial charge in [-0.15, -0.1) is 4.89 Å². The van der Waals surface area contributed by atoms with Crippen LogP contribution in [0.2, 0.25) is 0 Å². The van der Waals surface area contributed by atoms with Crippen LogP contribution in [0.15, 0.2) is 0 Å². The summed E-state index contributed by atoms with van der Waals surface area (Å²) in [5.74, 6) is -0.375. The van der Waals surface area contributed by atoms with E-state index in [0.717, 1.165) is 18.6 Å². The predicted octanol–water partition coefficient (Wildman–Crippen LogP) is 8.12. The topological polar surface area (TPSA) is 82.1 Å². The number of thioether (sulfide) groups is 1. The Morgan fingerprint density at radius 3 is 1.94 bits per heavy atom. The summed E-state index contributed by atoms with van der Waals surface area (Å²) in [6.45, 7) is 8.32. The molecule has 8 heteroatoms. The number of aliphatic carboxylic acids is 1. The number of carbonyl (C=O) groups is 1. The van der Waals surface area contributed by atoms with Gasteiger partial charge in [-0.25, -0.2) is 9.68 Å². The molecule has 33 heavy (non-hydrogen) atoms. The summed E-state index contributed by atoms with van der Waals surface area (Å²) in [6.07, 6.45) is 17.7. The molecule has 196 valence electrons. The molecule has 0 bridgehead atoms. The smallest absolute Gasteiger partial charge is 0.474 e. The monoisotopic (exact) mass is 509 g/mol. The molecule has 0 aliphatic rings. The fourth-order valence-electron chi connectivity index (χ4n) is 3.54. The third-order valence-corrected chi connectivity index (χ3v) is 7.97. The molecule has 4 unspecified atom stereocenters. The van der Waals surface area contributed by atoms with E-state index in [0.29, 0.717) is 6.42 Å². The van der Waals surface area contributed by atoms with Crippen LogP contribution in [0.5, 0.6) is 0 Å². The fourth-order valence-corrected chi connectivity index (χ4v) is 5.19. The summed E-state index contributed by atoms with van der Waals surface area (Å²) >= 11 is 1.88. The lowest BCUT2D eigenvalue weighted by Crippen LogP contribution is -2.41. The van der Waals surface area contributed by atoms with Crippen molar-refractivity contribution in [2.75, 3.05) is 12.4 Å². The van der Waals surface area contributed by atoms with E-state index in [2.05, 4.69) is 13.8 Å².